The van der Waals surface area contributed by atoms with E-state index in [1.54, 1.807) is 0 Å². The molecule has 0 saturated heterocycles. The van der Waals surface area contributed by atoms with Gasteiger partial charge in [-0.2, -0.15) is 0 Å². The van der Waals surface area contributed by atoms with Crippen LogP contribution in [0.25, 0.3) is 5.65 Å². The number of halogens is 1. The maximum atomic E-state index is 5.97. The lowest BCUT2D eigenvalue weighted by Crippen LogP contribution is -2.24. The molecule has 2 aromatic rings. The largest absolute Gasteiger partial charge is 0.311 e. The zero-order valence-corrected chi connectivity index (χ0v) is 12.0. The number of hydrogen-bond acceptors (Lipinski definition) is 2. The zero-order chi connectivity index (χ0) is 13.2. The van der Waals surface area contributed by atoms with Gasteiger partial charge in [0.1, 0.15) is 5.65 Å². The molecular weight excluding hydrogens is 258 g/mol. The number of nitrogens with zero attached hydrogens (tertiary/aromatic N) is 2. The van der Waals surface area contributed by atoms with Crippen LogP contribution in [0, 0.1) is 11.8 Å². The van der Waals surface area contributed by atoms with Crippen LogP contribution in [0.2, 0.25) is 5.02 Å². The Morgan fingerprint density at radius 2 is 2.26 bits per heavy atom. The summed E-state index contributed by atoms with van der Waals surface area (Å²) in [5.74, 6) is 1.71. The van der Waals surface area contributed by atoms with E-state index < -0.39 is 0 Å². The minimum atomic E-state index is 0.740. The van der Waals surface area contributed by atoms with E-state index in [0.29, 0.717) is 0 Å². The number of hydrogen-bond donors (Lipinski definition) is 1. The molecule has 3 rings (SSSR count). The Morgan fingerprint density at radius 1 is 1.37 bits per heavy atom. The highest BCUT2D eigenvalue weighted by Crippen LogP contribution is 2.30. The van der Waals surface area contributed by atoms with Crippen molar-refractivity contribution in [2.75, 3.05) is 6.54 Å². The van der Waals surface area contributed by atoms with Crippen molar-refractivity contribution in [3.8, 4) is 0 Å². The summed E-state index contributed by atoms with van der Waals surface area (Å²) in [5, 5.41) is 4.28. The van der Waals surface area contributed by atoms with Crippen molar-refractivity contribution < 1.29 is 0 Å². The van der Waals surface area contributed by atoms with Gasteiger partial charge in [0, 0.05) is 18.9 Å². The Hall–Kier alpha value is -1.06. The third-order valence-electron chi connectivity index (χ3n) is 4.22. The maximum absolute atomic E-state index is 5.97. The summed E-state index contributed by atoms with van der Waals surface area (Å²) < 4.78 is 1.98. The molecule has 0 aliphatic heterocycles. The lowest BCUT2D eigenvalue weighted by molar-refractivity contribution is 0.391. The van der Waals surface area contributed by atoms with Gasteiger partial charge in [0.25, 0.3) is 0 Å². The summed E-state index contributed by atoms with van der Waals surface area (Å²) >= 11 is 5.97. The quantitative estimate of drug-likeness (QED) is 0.927. The Balaban J connectivity index is 1.59. The molecule has 1 aliphatic carbocycles. The standard InChI is InChI=1S/C15H20ClN3/c1-11-3-2-4-12(11)7-17-8-14-10-19-9-13(16)5-6-15(19)18-14/h5-6,9-12,17H,2-4,7-8H2,1H3. The summed E-state index contributed by atoms with van der Waals surface area (Å²) in [7, 11) is 0. The van der Waals surface area contributed by atoms with Gasteiger partial charge in [-0.3, -0.25) is 0 Å². The summed E-state index contributed by atoms with van der Waals surface area (Å²) in [5.41, 5.74) is 2.03. The van der Waals surface area contributed by atoms with Gasteiger partial charge in [0.2, 0.25) is 0 Å². The molecule has 0 aromatic carbocycles. The van der Waals surface area contributed by atoms with E-state index in [1.807, 2.05) is 28.9 Å². The van der Waals surface area contributed by atoms with Crippen molar-refractivity contribution in [1.29, 1.82) is 0 Å². The molecule has 2 atom stereocenters. The highest BCUT2D eigenvalue weighted by molar-refractivity contribution is 6.30. The lowest BCUT2D eigenvalue weighted by Gasteiger charge is -2.15. The minimum Gasteiger partial charge on any atom is -0.311 e. The minimum absolute atomic E-state index is 0.740. The van der Waals surface area contributed by atoms with Crippen LogP contribution >= 0.6 is 11.6 Å². The van der Waals surface area contributed by atoms with E-state index in [4.69, 9.17) is 11.6 Å². The lowest BCUT2D eigenvalue weighted by atomic mass is 9.98. The van der Waals surface area contributed by atoms with E-state index in [1.165, 1.54) is 19.3 Å². The third-order valence-corrected chi connectivity index (χ3v) is 4.44. The topological polar surface area (TPSA) is 29.3 Å². The maximum Gasteiger partial charge on any atom is 0.137 e. The number of imidazole rings is 1. The Morgan fingerprint density at radius 3 is 3.05 bits per heavy atom. The van der Waals surface area contributed by atoms with Gasteiger partial charge in [-0.25, -0.2) is 4.98 Å². The molecule has 1 fully saturated rings. The highest BCUT2D eigenvalue weighted by Gasteiger charge is 2.22. The molecule has 3 nitrogen and oxygen atoms in total. The summed E-state index contributed by atoms with van der Waals surface area (Å²) in [6.45, 7) is 4.31. The van der Waals surface area contributed by atoms with E-state index in [0.717, 1.165) is 41.3 Å². The van der Waals surface area contributed by atoms with Gasteiger partial charge in [0.05, 0.1) is 10.7 Å². The monoisotopic (exact) mass is 277 g/mol. The average Bonchev–Trinajstić information content (AvgIpc) is 2.95. The first kappa shape index (κ1) is 12.9. The molecule has 2 aromatic heterocycles. The van der Waals surface area contributed by atoms with Crippen LogP contribution in [0.3, 0.4) is 0 Å². The van der Waals surface area contributed by atoms with Crippen LogP contribution in [0.5, 0.6) is 0 Å². The van der Waals surface area contributed by atoms with E-state index in [-0.39, 0.29) is 0 Å². The molecule has 0 spiro atoms. The molecule has 4 heteroatoms. The predicted octanol–water partition coefficient (Wildman–Crippen LogP) is 3.51. The molecule has 1 aliphatic rings. The fourth-order valence-electron chi connectivity index (χ4n) is 3.01. The van der Waals surface area contributed by atoms with Gasteiger partial charge in [0.15, 0.2) is 0 Å². The zero-order valence-electron chi connectivity index (χ0n) is 11.3. The second-order valence-corrected chi connectivity index (χ2v) is 6.08. The normalized spacial score (nSPS) is 23.3. The van der Waals surface area contributed by atoms with Crippen molar-refractivity contribution in [1.82, 2.24) is 14.7 Å². The van der Waals surface area contributed by atoms with E-state index in [9.17, 15) is 0 Å². The molecular formula is C15H20ClN3. The number of fused-ring (bicyclic) bond motifs is 1. The summed E-state index contributed by atoms with van der Waals surface area (Å²) in [6.07, 6.45) is 8.09. The summed E-state index contributed by atoms with van der Waals surface area (Å²) in [6, 6.07) is 3.83. The predicted molar refractivity (Wildman–Crippen MR) is 78.4 cm³/mol. The van der Waals surface area contributed by atoms with Crippen LogP contribution in [0.15, 0.2) is 24.5 Å². The molecule has 0 radical (unpaired) electrons. The second-order valence-electron chi connectivity index (χ2n) is 5.64. The van der Waals surface area contributed by atoms with Crippen LogP contribution in [-0.2, 0) is 6.54 Å². The van der Waals surface area contributed by atoms with Gasteiger partial charge in [-0.05, 0) is 36.9 Å². The van der Waals surface area contributed by atoms with Crippen molar-refractivity contribution in [3.05, 3.63) is 35.2 Å². The fraction of sp³-hybridized carbons (Fsp3) is 0.533. The molecule has 1 N–H and O–H groups in total. The fourth-order valence-corrected chi connectivity index (χ4v) is 3.18. The first-order valence-corrected chi connectivity index (χ1v) is 7.44. The molecule has 1 saturated carbocycles. The molecule has 0 amide bonds. The molecule has 2 heterocycles. The molecule has 102 valence electrons. The number of nitrogens with one attached hydrogen (secondary N) is 1. The van der Waals surface area contributed by atoms with Gasteiger partial charge >= 0.3 is 0 Å². The van der Waals surface area contributed by atoms with E-state index >= 15 is 0 Å². The SMILES string of the molecule is CC1CCCC1CNCc1cn2cc(Cl)ccc2n1. The number of aromatic nitrogens is 2. The first-order valence-electron chi connectivity index (χ1n) is 7.06. The van der Waals surface area contributed by atoms with Gasteiger partial charge < -0.3 is 9.72 Å². The molecule has 19 heavy (non-hydrogen) atoms. The number of pyridine rings is 1. The second kappa shape index (κ2) is 5.51. The van der Waals surface area contributed by atoms with Gasteiger partial charge in [-0.1, -0.05) is 31.4 Å². The number of rotatable bonds is 4. The Bertz CT molecular complexity index is 564. The smallest absolute Gasteiger partial charge is 0.137 e. The van der Waals surface area contributed by atoms with Crippen LogP contribution in [0.4, 0.5) is 0 Å². The third kappa shape index (κ3) is 2.93. The first-order chi connectivity index (χ1) is 9.22. The van der Waals surface area contributed by atoms with Crippen LogP contribution < -0.4 is 5.32 Å². The van der Waals surface area contributed by atoms with Crippen molar-refractivity contribution in [3.63, 3.8) is 0 Å². The highest BCUT2D eigenvalue weighted by atomic mass is 35.5. The van der Waals surface area contributed by atoms with Gasteiger partial charge in [-0.15, -0.1) is 0 Å². The Labute approximate surface area is 119 Å². The van der Waals surface area contributed by atoms with Crippen molar-refractivity contribution >= 4 is 17.2 Å². The molecule has 0 bridgehead atoms. The van der Waals surface area contributed by atoms with Crippen LogP contribution in [-0.4, -0.2) is 15.9 Å². The average molecular weight is 278 g/mol. The Kier molecular flexibility index (Phi) is 3.76. The van der Waals surface area contributed by atoms with Crippen LogP contribution in [0.1, 0.15) is 31.9 Å². The molecule has 2 unspecified atom stereocenters. The van der Waals surface area contributed by atoms with Crippen molar-refractivity contribution in [2.45, 2.75) is 32.7 Å². The summed E-state index contributed by atoms with van der Waals surface area (Å²) in [4.78, 5) is 4.58. The van der Waals surface area contributed by atoms with E-state index in [2.05, 4.69) is 17.2 Å². The van der Waals surface area contributed by atoms with Crippen molar-refractivity contribution in [2.24, 2.45) is 11.8 Å².